The molecule has 0 atom stereocenters. The predicted molar refractivity (Wildman–Crippen MR) is 74.7 cm³/mol. The number of hydrogen-bond donors (Lipinski definition) is 2. The molecule has 0 spiro atoms. The van der Waals surface area contributed by atoms with Crippen LogP contribution in [0.4, 0.5) is 5.82 Å². The van der Waals surface area contributed by atoms with E-state index in [9.17, 15) is 4.79 Å². The molecule has 2 N–H and O–H groups in total. The lowest BCUT2D eigenvalue weighted by molar-refractivity contribution is 0.866. The predicted octanol–water partition coefficient (Wildman–Crippen LogP) is 1.62. The van der Waals surface area contributed by atoms with Crippen molar-refractivity contribution < 1.29 is 0 Å². The van der Waals surface area contributed by atoms with E-state index in [1.807, 2.05) is 20.9 Å². The molecule has 0 aliphatic carbocycles. The lowest BCUT2D eigenvalue weighted by atomic mass is 10.3. The first-order chi connectivity index (χ1) is 9.13. The molecule has 7 heteroatoms. The van der Waals surface area contributed by atoms with Crippen LogP contribution in [0, 0.1) is 6.92 Å². The molecule has 0 amide bonds. The fourth-order valence-corrected chi connectivity index (χ4v) is 2.39. The van der Waals surface area contributed by atoms with Crippen molar-refractivity contribution in [1.82, 2.24) is 19.9 Å². The number of nitrogens with one attached hydrogen (secondary N) is 2. The highest BCUT2D eigenvalue weighted by Crippen LogP contribution is 2.28. The second-order valence-corrected chi connectivity index (χ2v) is 4.84. The van der Waals surface area contributed by atoms with E-state index in [2.05, 4.69) is 25.3 Å². The van der Waals surface area contributed by atoms with Gasteiger partial charge in [-0.2, -0.15) is 0 Å². The van der Waals surface area contributed by atoms with Gasteiger partial charge < -0.3 is 10.3 Å². The fraction of sp³-hybridized carbons (Fsp3) is 0.333. The Hall–Kier alpha value is -1.89. The monoisotopic (exact) mass is 277 g/mol. The van der Waals surface area contributed by atoms with Crippen molar-refractivity contribution in [3.05, 3.63) is 34.0 Å². The van der Waals surface area contributed by atoms with Gasteiger partial charge in [-0.05, 0) is 18.7 Å². The Kier molecular flexibility index (Phi) is 4.16. The summed E-state index contributed by atoms with van der Waals surface area (Å²) >= 11 is 1.33. The minimum Gasteiger partial charge on any atom is -0.373 e. The second kappa shape index (κ2) is 5.83. The third-order valence-corrected chi connectivity index (χ3v) is 3.53. The van der Waals surface area contributed by atoms with Crippen molar-refractivity contribution in [1.29, 1.82) is 0 Å². The Balaban J connectivity index is 2.41. The lowest BCUT2D eigenvalue weighted by Gasteiger charge is -2.10. The molecule has 0 bridgehead atoms. The Morgan fingerprint density at radius 3 is 2.84 bits per heavy atom. The summed E-state index contributed by atoms with van der Waals surface area (Å²) in [6.07, 6.45) is 2.23. The van der Waals surface area contributed by atoms with Gasteiger partial charge in [-0.3, -0.25) is 4.79 Å². The number of aromatic amines is 1. The SMILES string of the molecule is CCc1nc(NC)c(C)c(Sc2nccc(=O)[nH]2)n1. The summed E-state index contributed by atoms with van der Waals surface area (Å²) in [6.45, 7) is 3.94. The van der Waals surface area contributed by atoms with Gasteiger partial charge in [0.25, 0.3) is 5.56 Å². The first-order valence-corrected chi connectivity index (χ1v) is 6.74. The van der Waals surface area contributed by atoms with Crippen LogP contribution >= 0.6 is 11.8 Å². The topological polar surface area (TPSA) is 83.6 Å². The highest BCUT2D eigenvalue weighted by molar-refractivity contribution is 7.99. The number of hydrogen-bond acceptors (Lipinski definition) is 6. The minimum atomic E-state index is -0.172. The van der Waals surface area contributed by atoms with Gasteiger partial charge in [0.15, 0.2) is 5.16 Å². The van der Waals surface area contributed by atoms with Crippen molar-refractivity contribution in [3.63, 3.8) is 0 Å². The highest BCUT2D eigenvalue weighted by Gasteiger charge is 2.11. The van der Waals surface area contributed by atoms with Gasteiger partial charge in [0.1, 0.15) is 16.7 Å². The number of anilines is 1. The Morgan fingerprint density at radius 2 is 2.21 bits per heavy atom. The maximum atomic E-state index is 11.3. The third-order valence-electron chi connectivity index (χ3n) is 2.54. The quantitative estimate of drug-likeness (QED) is 0.652. The molecule has 100 valence electrons. The molecule has 0 aliphatic heterocycles. The first-order valence-electron chi connectivity index (χ1n) is 5.92. The maximum absolute atomic E-state index is 11.3. The van der Waals surface area contributed by atoms with Crippen LogP contribution in [-0.2, 0) is 6.42 Å². The van der Waals surface area contributed by atoms with Crippen molar-refractivity contribution in [2.24, 2.45) is 0 Å². The fourth-order valence-electron chi connectivity index (χ4n) is 1.54. The van der Waals surface area contributed by atoms with Gasteiger partial charge in [0.2, 0.25) is 0 Å². The summed E-state index contributed by atoms with van der Waals surface area (Å²) in [5.41, 5.74) is 0.768. The van der Waals surface area contributed by atoms with E-state index in [1.165, 1.54) is 24.0 Å². The molecule has 0 saturated carbocycles. The number of nitrogens with zero attached hydrogens (tertiary/aromatic N) is 3. The van der Waals surface area contributed by atoms with Crippen molar-refractivity contribution in [3.8, 4) is 0 Å². The van der Waals surface area contributed by atoms with Gasteiger partial charge in [-0.15, -0.1) is 0 Å². The number of aromatic nitrogens is 4. The summed E-state index contributed by atoms with van der Waals surface area (Å²) in [5.74, 6) is 1.56. The van der Waals surface area contributed by atoms with Gasteiger partial charge in [0.05, 0.1) is 0 Å². The highest BCUT2D eigenvalue weighted by atomic mass is 32.2. The Morgan fingerprint density at radius 1 is 1.42 bits per heavy atom. The Bertz CT molecular complexity index is 640. The molecule has 2 aromatic rings. The van der Waals surface area contributed by atoms with Crippen LogP contribution in [0.2, 0.25) is 0 Å². The standard InChI is InChI=1S/C12H15N5OS/c1-4-8-15-10(13-3)7(2)11(16-8)19-12-14-6-5-9(18)17-12/h5-6H,4H2,1-3H3,(H,13,15,16)(H,14,17,18). The summed E-state index contributed by atoms with van der Waals surface area (Å²) in [6, 6.07) is 1.38. The maximum Gasteiger partial charge on any atom is 0.251 e. The molecule has 0 saturated heterocycles. The molecule has 2 rings (SSSR count). The van der Waals surface area contributed by atoms with Crippen LogP contribution in [0.3, 0.4) is 0 Å². The van der Waals surface area contributed by atoms with E-state index in [0.717, 1.165) is 28.7 Å². The van der Waals surface area contributed by atoms with Gasteiger partial charge in [0, 0.05) is 31.3 Å². The van der Waals surface area contributed by atoms with Crippen LogP contribution in [0.25, 0.3) is 0 Å². The van der Waals surface area contributed by atoms with Gasteiger partial charge >= 0.3 is 0 Å². The summed E-state index contributed by atoms with van der Waals surface area (Å²) in [7, 11) is 1.83. The van der Waals surface area contributed by atoms with Crippen LogP contribution in [0.15, 0.2) is 27.2 Å². The summed E-state index contributed by atoms with van der Waals surface area (Å²) in [4.78, 5) is 26.9. The normalized spacial score (nSPS) is 10.5. The molecular formula is C12H15N5OS. The molecule has 6 nitrogen and oxygen atoms in total. The number of aryl methyl sites for hydroxylation is 1. The molecular weight excluding hydrogens is 262 g/mol. The zero-order valence-corrected chi connectivity index (χ0v) is 11.8. The van der Waals surface area contributed by atoms with Crippen molar-refractivity contribution in [2.75, 3.05) is 12.4 Å². The van der Waals surface area contributed by atoms with E-state index in [0.29, 0.717) is 5.16 Å². The summed E-state index contributed by atoms with van der Waals surface area (Å²) in [5, 5.41) is 4.37. The Labute approximate surface area is 115 Å². The molecule has 0 unspecified atom stereocenters. The molecule has 0 radical (unpaired) electrons. The van der Waals surface area contributed by atoms with Crippen molar-refractivity contribution >= 4 is 17.6 Å². The zero-order chi connectivity index (χ0) is 13.8. The van der Waals surface area contributed by atoms with Crippen LogP contribution in [0.1, 0.15) is 18.3 Å². The van der Waals surface area contributed by atoms with E-state index in [4.69, 9.17) is 0 Å². The zero-order valence-electron chi connectivity index (χ0n) is 11.0. The molecule has 0 aromatic carbocycles. The van der Waals surface area contributed by atoms with Crippen LogP contribution in [0.5, 0.6) is 0 Å². The van der Waals surface area contributed by atoms with E-state index < -0.39 is 0 Å². The average Bonchev–Trinajstić information content (AvgIpc) is 2.41. The lowest BCUT2D eigenvalue weighted by Crippen LogP contribution is -2.07. The molecule has 0 fully saturated rings. The average molecular weight is 277 g/mol. The van der Waals surface area contributed by atoms with Crippen molar-refractivity contribution in [2.45, 2.75) is 30.5 Å². The first kappa shape index (κ1) is 13.5. The van der Waals surface area contributed by atoms with E-state index in [1.54, 1.807) is 0 Å². The van der Waals surface area contributed by atoms with Gasteiger partial charge in [-0.25, -0.2) is 15.0 Å². The number of H-pyrrole nitrogens is 1. The largest absolute Gasteiger partial charge is 0.373 e. The molecule has 0 aliphatic rings. The second-order valence-electron chi connectivity index (χ2n) is 3.86. The van der Waals surface area contributed by atoms with E-state index in [-0.39, 0.29) is 5.56 Å². The molecule has 2 aromatic heterocycles. The minimum absolute atomic E-state index is 0.172. The summed E-state index contributed by atoms with van der Waals surface area (Å²) < 4.78 is 0. The molecule has 2 heterocycles. The molecule has 19 heavy (non-hydrogen) atoms. The van der Waals surface area contributed by atoms with Gasteiger partial charge in [-0.1, -0.05) is 6.92 Å². The smallest absolute Gasteiger partial charge is 0.251 e. The third kappa shape index (κ3) is 3.11. The van der Waals surface area contributed by atoms with E-state index >= 15 is 0 Å². The van der Waals surface area contributed by atoms with Crippen LogP contribution in [-0.4, -0.2) is 27.0 Å². The number of rotatable bonds is 4. The van der Waals surface area contributed by atoms with Crippen LogP contribution < -0.4 is 10.9 Å².